The molecule has 4 N–H and O–H groups in total. The molecule has 0 atom stereocenters. The first-order valence-corrected chi connectivity index (χ1v) is 9.28. The summed E-state index contributed by atoms with van der Waals surface area (Å²) in [7, 11) is 0. The van der Waals surface area contributed by atoms with Gasteiger partial charge in [-0.15, -0.1) is 0 Å². The molecule has 1 saturated carbocycles. The summed E-state index contributed by atoms with van der Waals surface area (Å²) >= 11 is 3.40. The van der Waals surface area contributed by atoms with Crippen molar-refractivity contribution in [2.24, 2.45) is 21.5 Å². The minimum atomic E-state index is -0.638. The van der Waals surface area contributed by atoms with E-state index < -0.39 is 5.66 Å². The predicted molar refractivity (Wildman–Crippen MR) is 103 cm³/mol. The van der Waals surface area contributed by atoms with Crippen molar-refractivity contribution in [3.63, 3.8) is 0 Å². The number of aromatic nitrogens is 2. The van der Waals surface area contributed by atoms with Gasteiger partial charge in [-0.25, -0.2) is 14.1 Å². The zero-order chi connectivity index (χ0) is 18.3. The zero-order valence-corrected chi connectivity index (χ0v) is 15.7. The van der Waals surface area contributed by atoms with E-state index in [4.69, 9.17) is 11.5 Å². The third-order valence-electron chi connectivity index (χ3n) is 4.83. The number of hydrogen-bond acceptors (Lipinski definition) is 6. The average Bonchev–Trinajstić information content (AvgIpc) is 3.01. The van der Waals surface area contributed by atoms with Crippen LogP contribution in [0, 0.1) is 5.82 Å². The largest absolute Gasteiger partial charge is 0.369 e. The molecule has 1 fully saturated rings. The van der Waals surface area contributed by atoms with Crippen molar-refractivity contribution in [1.82, 2.24) is 9.78 Å². The van der Waals surface area contributed by atoms with E-state index in [0.717, 1.165) is 36.6 Å². The number of benzene rings is 1. The smallest absolute Gasteiger partial charge is 0.220 e. The lowest BCUT2D eigenvalue weighted by Crippen LogP contribution is -2.58. The lowest BCUT2D eigenvalue weighted by Gasteiger charge is -2.46. The molecule has 0 bridgehead atoms. The summed E-state index contributed by atoms with van der Waals surface area (Å²) in [5.74, 6) is 0.0224. The highest BCUT2D eigenvalue weighted by atomic mass is 79.9. The minimum absolute atomic E-state index is 0.167. The molecule has 1 aliphatic heterocycles. The molecular weight excluding hydrogens is 401 g/mol. The van der Waals surface area contributed by atoms with E-state index in [1.54, 1.807) is 23.1 Å². The molecule has 9 heteroatoms. The van der Waals surface area contributed by atoms with Crippen LogP contribution in [0.4, 0.5) is 10.1 Å². The van der Waals surface area contributed by atoms with E-state index in [0.29, 0.717) is 11.4 Å². The van der Waals surface area contributed by atoms with Gasteiger partial charge in [-0.05, 0) is 59.8 Å². The molecule has 1 aromatic heterocycles. The Morgan fingerprint density at radius 2 is 1.88 bits per heavy atom. The van der Waals surface area contributed by atoms with Crippen molar-refractivity contribution < 1.29 is 4.39 Å². The van der Waals surface area contributed by atoms with Crippen molar-refractivity contribution in [3.8, 4) is 5.69 Å². The van der Waals surface area contributed by atoms with Gasteiger partial charge in [0.25, 0.3) is 0 Å². The molecule has 1 aromatic carbocycles. The molecule has 7 nitrogen and oxygen atoms in total. The van der Waals surface area contributed by atoms with Gasteiger partial charge in [0.15, 0.2) is 0 Å². The lowest BCUT2D eigenvalue weighted by atomic mass is 9.87. The van der Waals surface area contributed by atoms with Crippen molar-refractivity contribution in [1.29, 1.82) is 0 Å². The Morgan fingerprint density at radius 3 is 2.58 bits per heavy atom. The van der Waals surface area contributed by atoms with Crippen LogP contribution in [0.25, 0.3) is 5.69 Å². The zero-order valence-electron chi connectivity index (χ0n) is 14.1. The van der Waals surface area contributed by atoms with E-state index in [-0.39, 0.29) is 17.7 Å². The molecule has 1 aliphatic carbocycles. The second-order valence-corrected chi connectivity index (χ2v) is 7.47. The number of halogens is 2. The van der Waals surface area contributed by atoms with Crippen molar-refractivity contribution in [2.45, 2.75) is 37.8 Å². The summed E-state index contributed by atoms with van der Waals surface area (Å²) in [6.07, 6.45) is 8.17. The minimum Gasteiger partial charge on any atom is -0.369 e. The fraction of sp³-hybridized carbons (Fsp3) is 0.353. The summed E-state index contributed by atoms with van der Waals surface area (Å²) in [5.41, 5.74) is 12.8. The van der Waals surface area contributed by atoms with Gasteiger partial charge in [0.2, 0.25) is 11.9 Å². The maximum atomic E-state index is 14.2. The first kappa shape index (κ1) is 17.0. The van der Waals surface area contributed by atoms with Gasteiger partial charge in [-0.1, -0.05) is 6.42 Å². The Balaban J connectivity index is 1.90. The highest BCUT2D eigenvalue weighted by molar-refractivity contribution is 9.10. The average molecular weight is 420 g/mol. The Bertz CT molecular complexity index is 898. The fourth-order valence-electron chi connectivity index (χ4n) is 3.77. The van der Waals surface area contributed by atoms with Crippen LogP contribution in [-0.2, 0) is 0 Å². The van der Waals surface area contributed by atoms with E-state index >= 15 is 0 Å². The number of nitrogens with zero attached hydrogens (tertiary/aromatic N) is 5. The van der Waals surface area contributed by atoms with E-state index in [9.17, 15) is 4.39 Å². The maximum absolute atomic E-state index is 14.2. The normalized spacial score (nSPS) is 19.4. The quantitative estimate of drug-likeness (QED) is 0.781. The fourth-order valence-corrected chi connectivity index (χ4v) is 4.06. The van der Waals surface area contributed by atoms with E-state index in [1.165, 1.54) is 12.1 Å². The molecule has 4 rings (SSSR count). The van der Waals surface area contributed by atoms with Crippen LogP contribution in [0.3, 0.4) is 0 Å². The van der Waals surface area contributed by atoms with Gasteiger partial charge in [0.1, 0.15) is 11.5 Å². The third-order valence-corrected chi connectivity index (χ3v) is 5.24. The van der Waals surface area contributed by atoms with Gasteiger partial charge >= 0.3 is 0 Å². The molecule has 1 spiro atoms. The van der Waals surface area contributed by atoms with Crippen LogP contribution in [0.5, 0.6) is 0 Å². The number of aliphatic imine (C=N–C) groups is 2. The highest BCUT2D eigenvalue weighted by Crippen LogP contribution is 2.41. The molecule has 2 heterocycles. The summed E-state index contributed by atoms with van der Waals surface area (Å²) in [6.45, 7) is 0. The first-order valence-electron chi connectivity index (χ1n) is 8.48. The summed E-state index contributed by atoms with van der Waals surface area (Å²) < 4.78 is 16.7. The number of hydrogen-bond donors (Lipinski definition) is 2. The monoisotopic (exact) mass is 419 g/mol. The Kier molecular flexibility index (Phi) is 4.18. The SMILES string of the molecule is NC1=NC2(CCCCC2)N(c2cc(F)ccc2-n2cc(Br)cn2)C(N)=N1. The molecule has 0 unspecified atom stereocenters. The first-order chi connectivity index (χ1) is 12.5. The van der Waals surface area contributed by atoms with E-state index in [1.807, 2.05) is 4.90 Å². The molecule has 26 heavy (non-hydrogen) atoms. The van der Waals surface area contributed by atoms with Crippen LogP contribution in [0.1, 0.15) is 32.1 Å². The van der Waals surface area contributed by atoms with E-state index in [2.05, 4.69) is 31.0 Å². The Labute approximate surface area is 158 Å². The van der Waals surface area contributed by atoms with Gasteiger partial charge in [-0.2, -0.15) is 10.1 Å². The lowest BCUT2D eigenvalue weighted by molar-refractivity contribution is 0.305. The molecule has 0 saturated heterocycles. The number of anilines is 1. The maximum Gasteiger partial charge on any atom is 0.220 e. The van der Waals surface area contributed by atoms with Crippen LogP contribution in [0.15, 0.2) is 45.1 Å². The molecule has 0 radical (unpaired) electrons. The van der Waals surface area contributed by atoms with Gasteiger partial charge in [0, 0.05) is 6.20 Å². The molecule has 136 valence electrons. The number of rotatable bonds is 2. The van der Waals surface area contributed by atoms with Gasteiger partial charge < -0.3 is 11.5 Å². The van der Waals surface area contributed by atoms with Gasteiger partial charge in [-0.3, -0.25) is 4.90 Å². The van der Waals surface area contributed by atoms with Crippen LogP contribution >= 0.6 is 15.9 Å². The van der Waals surface area contributed by atoms with Crippen molar-refractivity contribution >= 4 is 33.5 Å². The van der Waals surface area contributed by atoms with Crippen LogP contribution < -0.4 is 16.4 Å². The highest BCUT2D eigenvalue weighted by Gasteiger charge is 2.43. The topological polar surface area (TPSA) is 97.8 Å². The Hall–Kier alpha value is -2.42. The van der Waals surface area contributed by atoms with Crippen LogP contribution in [0.2, 0.25) is 0 Å². The summed E-state index contributed by atoms with van der Waals surface area (Å²) in [5, 5.41) is 4.32. The number of nitrogens with two attached hydrogens (primary N) is 2. The van der Waals surface area contributed by atoms with Crippen molar-refractivity contribution in [2.75, 3.05) is 4.90 Å². The van der Waals surface area contributed by atoms with Crippen molar-refractivity contribution in [3.05, 3.63) is 40.9 Å². The second kappa shape index (κ2) is 6.39. The third kappa shape index (κ3) is 2.86. The standard InChI is InChI=1S/C17H19BrFN7/c18-11-9-22-25(10-11)13-5-4-12(19)8-14(13)26-16(21)23-15(20)24-17(26)6-2-1-3-7-17/h4-5,8-10H,1-3,6-7H2,(H4,20,21,23,24). The molecule has 0 amide bonds. The van der Waals surface area contributed by atoms with Gasteiger partial charge in [0.05, 0.1) is 22.0 Å². The molecular formula is C17H19BrFN7. The molecule has 2 aromatic rings. The summed E-state index contributed by atoms with van der Waals surface area (Å²) in [4.78, 5) is 10.6. The Morgan fingerprint density at radius 1 is 1.12 bits per heavy atom. The summed E-state index contributed by atoms with van der Waals surface area (Å²) in [6, 6.07) is 4.52. The molecule has 2 aliphatic rings. The number of guanidine groups is 2. The second-order valence-electron chi connectivity index (χ2n) is 6.55. The van der Waals surface area contributed by atoms with Crippen LogP contribution in [-0.4, -0.2) is 27.4 Å². The predicted octanol–water partition coefficient (Wildman–Crippen LogP) is 2.88.